The van der Waals surface area contributed by atoms with Gasteiger partial charge in [-0.15, -0.1) is 0 Å². The van der Waals surface area contributed by atoms with Crippen LogP contribution in [0.5, 0.6) is 0 Å². The molecule has 1 fully saturated rings. The first kappa shape index (κ1) is 11.7. The van der Waals surface area contributed by atoms with Crippen LogP contribution in [0.2, 0.25) is 0 Å². The predicted octanol–water partition coefficient (Wildman–Crippen LogP) is -0.133. The summed E-state index contributed by atoms with van der Waals surface area (Å²) in [6.07, 6.45) is 2.08. The molecule has 2 atom stereocenters. The average Bonchev–Trinajstić information content (AvgIpc) is 2.73. The largest absolute Gasteiger partial charge is 0.469 e. The van der Waals surface area contributed by atoms with Gasteiger partial charge in [0.15, 0.2) is 0 Å². The Morgan fingerprint density at radius 1 is 1.53 bits per heavy atom. The lowest BCUT2D eigenvalue weighted by atomic mass is 10.0. The Bertz CT molecular complexity index is 264. The number of ether oxygens (including phenoxy) is 2. The molecular formula is C10H15NO4. The third-order valence-corrected chi connectivity index (χ3v) is 2.32. The molecule has 1 N–H and O–H groups in total. The zero-order chi connectivity index (χ0) is 11.3. The fourth-order valence-corrected chi connectivity index (χ4v) is 1.59. The van der Waals surface area contributed by atoms with Crippen LogP contribution in [-0.2, 0) is 19.1 Å². The van der Waals surface area contributed by atoms with Crippen molar-refractivity contribution in [1.82, 2.24) is 5.32 Å². The van der Waals surface area contributed by atoms with E-state index in [1.807, 2.05) is 0 Å². The maximum atomic E-state index is 11.5. The van der Waals surface area contributed by atoms with E-state index in [1.165, 1.54) is 13.2 Å². The van der Waals surface area contributed by atoms with E-state index in [9.17, 15) is 9.59 Å². The maximum absolute atomic E-state index is 11.5. The lowest BCUT2D eigenvalue weighted by Gasteiger charge is -2.15. The van der Waals surface area contributed by atoms with E-state index in [0.717, 1.165) is 0 Å². The van der Waals surface area contributed by atoms with Gasteiger partial charge in [-0.1, -0.05) is 12.7 Å². The van der Waals surface area contributed by atoms with Crippen LogP contribution in [-0.4, -0.2) is 38.2 Å². The van der Waals surface area contributed by atoms with Crippen LogP contribution in [0.4, 0.5) is 0 Å². The number of methoxy groups -OCH3 is 1. The van der Waals surface area contributed by atoms with Crippen LogP contribution in [0.3, 0.4) is 0 Å². The quantitative estimate of drug-likeness (QED) is 0.520. The average molecular weight is 213 g/mol. The molecule has 5 nitrogen and oxygen atoms in total. The summed E-state index contributed by atoms with van der Waals surface area (Å²) in [4.78, 5) is 22.8. The lowest BCUT2D eigenvalue weighted by molar-refractivity contribution is -0.154. The summed E-state index contributed by atoms with van der Waals surface area (Å²) in [5.41, 5.74) is 0. The molecule has 0 aromatic heterocycles. The Kier molecular flexibility index (Phi) is 4.30. The molecule has 15 heavy (non-hydrogen) atoms. The number of hydrogen-bond donors (Lipinski definition) is 1. The van der Waals surface area contributed by atoms with E-state index < -0.39 is 17.9 Å². The van der Waals surface area contributed by atoms with Crippen LogP contribution >= 0.6 is 0 Å². The molecule has 0 saturated carbocycles. The van der Waals surface area contributed by atoms with Crippen molar-refractivity contribution in [1.29, 1.82) is 0 Å². The molecule has 0 aromatic rings. The van der Waals surface area contributed by atoms with Crippen molar-refractivity contribution in [3.63, 3.8) is 0 Å². The summed E-state index contributed by atoms with van der Waals surface area (Å²) in [5.74, 6) is -1.24. The van der Waals surface area contributed by atoms with Crippen molar-refractivity contribution in [3.8, 4) is 0 Å². The second-order valence-corrected chi connectivity index (χ2v) is 3.27. The standard InChI is InChI=1S/C10H15NO4/c1-3-6-15-10(13)8-7(4-5-11-8)9(12)14-2/h3,7-8,11H,1,4-6H2,2H3/t7-,8?/m0/s1. The Morgan fingerprint density at radius 2 is 2.27 bits per heavy atom. The smallest absolute Gasteiger partial charge is 0.324 e. The van der Waals surface area contributed by atoms with Gasteiger partial charge in [0.1, 0.15) is 12.6 Å². The number of carbonyl (C=O) groups is 2. The summed E-state index contributed by atoms with van der Waals surface area (Å²) in [7, 11) is 1.31. The van der Waals surface area contributed by atoms with Gasteiger partial charge < -0.3 is 14.8 Å². The van der Waals surface area contributed by atoms with E-state index >= 15 is 0 Å². The zero-order valence-electron chi connectivity index (χ0n) is 8.69. The molecule has 0 spiro atoms. The summed E-state index contributed by atoms with van der Waals surface area (Å²) in [5, 5.41) is 2.92. The summed E-state index contributed by atoms with van der Waals surface area (Å²) < 4.78 is 9.48. The van der Waals surface area contributed by atoms with E-state index in [0.29, 0.717) is 13.0 Å². The van der Waals surface area contributed by atoms with Crippen molar-refractivity contribution in [3.05, 3.63) is 12.7 Å². The molecule has 1 unspecified atom stereocenters. The van der Waals surface area contributed by atoms with Crippen LogP contribution in [0.25, 0.3) is 0 Å². The zero-order valence-corrected chi connectivity index (χ0v) is 8.69. The van der Waals surface area contributed by atoms with E-state index in [2.05, 4.69) is 16.6 Å². The minimum atomic E-state index is -0.586. The summed E-state index contributed by atoms with van der Waals surface area (Å²) in [6, 6.07) is -0.586. The number of hydrogen-bond acceptors (Lipinski definition) is 5. The molecule has 0 aliphatic carbocycles. The van der Waals surface area contributed by atoms with Gasteiger partial charge in [0.05, 0.1) is 13.0 Å². The van der Waals surface area contributed by atoms with Gasteiger partial charge in [0.2, 0.25) is 0 Å². The fourth-order valence-electron chi connectivity index (χ4n) is 1.59. The Labute approximate surface area is 88.4 Å². The van der Waals surface area contributed by atoms with Gasteiger partial charge in [-0.3, -0.25) is 9.59 Å². The van der Waals surface area contributed by atoms with Gasteiger partial charge in [0, 0.05) is 0 Å². The van der Waals surface area contributed by atoms with Gasteiger partial charge in [0.25, 0.3) is 0 Å². The summed E-state index contributed by atoms with van der Waals surface area (Å²) in [6.45, 7) is 4.22. The first-order valence-corrected chi connectivity index (χ1v) is 4.79. The molecule has 1 aliphatic heterocycles. The highest BCUT2D eigenvalue weighted by Crippen LogP contribution is 2.18. The highest BCUT2D eigenvalue weighted by molar-refractivity contribution is 5.85. The molecular weight excluding hydrogens is 198 g/mol. The van der Waals surface area contributed by atoms with Gasteiger partial charge in [-0.05, 0) is 13.0 Å². The van der Waals surface area contributed by atoms with E-state index in [4.69, 9.17) is 4.74 Å². The molecule has 1 saturated heterocycles. The highest BCUT2D eigenvalue weighted by Gasteiger charge is 2.39. The molecule has 1 aliphatic rings. The van der Waals surface area contributed by atoms with Crippen LogP contribution < -0.4 is 5.32 Å². The topological polar surface area (TPSA) is 64.6 Å². The molecule has 5 heteroatoms. The van der Waals surface area contributed by atoms with Crippen molar-refractivity contribution in [2.75, 3.05) is 20.3 Å². The minimum absolute atomic E-state index is 0.158. The summed E-state index contributed by atoms with van der Waals surface area (Å²) >= 11 is 0. The van der Waals surface area contributed by atoms with Crippen LogP contribution in [0.15, 0.2) is 12.7 Å². The first-order chi connectivity index (χ1) is 7.20. The van der Waals surface area contributed by atoms with Crippen molar-refractivity contribution in [2.45, 2.75) is 12.5 Å². The maximum Gasteiger partial charge on any atom is 0.324 e. The number of esters is 2. The Balaban J connectivity index is 2.55. The van der Waals surface area contributed by atoms with Gasteiger partial charge in [-0.25, -0.2) is 0 Å². The molecule has 84 valence electrons. The first-order valence-electron chi connectivity index (χ1n) is 4.79. The van der Waals surface area contributed by atoms with Crippen molar-refractivity contribution >= 4 is 11.9 Å². The molecule has 1 heterocycles. The normalized spacial score (nSPS) is 24.6. The second kappa shape index (κ2) is 5.50. The second-order valence-electron chi connectivity index (χ2n) is 3.27. The SMILES string of the molecule is C=CCOC(=O)C1NCC[C@@H]1C(=O)OC. The number of carbonyl (C=O) groups excluding carboxylic acids is 2. The molecule has 1 rings (SSSR count). The molecule has 0 aromatic carbocycles. The van der Waals surface area contributed by atoms with Crippen LogP contribution in [0, 0.1) is 5.92 Å². The Hall–Kier alpha value is -1.36. The van der Waals surface area contributed by atoms with E-state index in [1.54, 1.807) is 0 Å². The number of rotatable bonds is 4. The van der Waals surface area contributed by atoms with Crippen LogP contribution in [0.1, 0.15) is 6.42 Å². The lowest BCUT2D eigenvalue weighted by Crippen LogP contribution is -2.40. The third-order valence-electron chi connectivity index (χ3n) is 2.32. The number of nitrogens with one attached hydrogen (secondary N) is 1. The highest BCUT2D eigenvalue weighted by atomic mass is 16.5. The van der Waals surface area contributed by atoms with Crippen molar-refractivity contribution < 1.29 is 19.1 Å². The fraction of sp³-hybridized carbons (Fsp3) is 0.600. The Morgan fingerprint density at radius 3 is 2.87 bits per heavy atom. The van der Waals surface area contributed by atoms with Gasteiger partial charge >= 0.3 is 11.9 Å². The predicted molar refractivity (Wildman–Crippen MR) is 53.1 cm³/mol. The van der Waals surface area contributed by atoms with Crippen molar-refractivity contribution in [2.24, 2.45) is 5.92 Å². The van der Waals surface area contributed by atoms with E-state index in [-0.39, 0.29) is 12.6 Å². The minimum Gasteiger partial charge on any atom is -0.469 e. The molecule has 0 amide bonds. The third kappa shape index (κ3) is 2.79. The van der Waals surface area contributed by atoms with Gasteiger partial charge in [-0.2, -0.15) is 0 Å². The molecule has 0 bridgehead atoms. The monoisotopic (exact) mass is 213 g/mol. The molecule has 0 radical (unpaired) electrons.